The van der Waals surface area contributed by atoms with Crippen LogP contribution in [0.4, 0.5) is 13.2 Å². The normalized spacial score (nSPS) is 11.5. The van der Waals surface area contributed by atoms with Gasteiger partial charge in [0.05, 0.1) is 5.56 Å². The van der Waals surface area contributed by atoms with Crippen molar-refractivity contribution in [2.45, 2.75) is 6.18 Å². The van der Waals surface area contributed by atoms with Gasteiger partial charge in [-0.2, -0.15) is 13.2 Å². The second kappa shape index (κ2) is 4.39. The van der Waals surface area contributed by atoms with Crippen LogP contribution in [0.15, 0.2) is 18.3 Å². The fourth-order valence-corrected chi connectivity index (χ4v) is 0.932. The molecule has 0 spiro atoms. The van der Waals surface area contributed by atoms with Crippen LogP contribution in [0.2, 0.25) is 0 Å². The van der Waals surface area contributed by atoms with Gasteiger partial charge in [0.2, 0.25) is 5.78 Å². The molecule has 0 N–H and O–H groups in total. The maximum Gasteiger partial charge on any atom is 0.417 e. The number of nitrogens with zero attached hydrogens (tertiary/aromatic N) is 1. The Morgan fingerprint density at radius 2 is 2.13 bits per heavy atom. The number of hydrogen-bond acceptors (Lipinski definition) is 3. The molecule has 0 bridgehead atoms. The highest BCUT2D eigenvalue weighted by molar-refractivity contribution is 5.95. The van der Waals surface area contributed by atoms with E-state index in [-0.39, 0.29) is 12.3 Å². The summed E-state index contributed by atoms with van der Waals surface area (Å²) in [7, 11) is 1.32. The molecule has 0 saturated heterocycles. The van der Waals surface area contributed by atoms with Crippen molar-refractivity contribution in [2.24, 2.45) is 0 Å². The lowest BCUT2D eigenvalue weighted by Gasteiger charge is -2.05. The Morgan fingerprint density at radius 1 is 1.47 bits per heavy atom. The van der Waals surface area contributed by atoms with Crippen molar-refractivity contribution in [1.82, 2.24) is 4.98 Å². The third-order valence-electron chi connectivity index (χ3n) is 1.65. The summed E-state index contributed by atoms with van der Waals surface area (Å²) in [4.78, 5) is 14.6. The van der Waals surface area contributed by atoms with Crippen LogP contribution in [0.5, 0.6) is 0 Å². The van der Waals surface area contributed by atoms with Crippen LogP contribution in [-0.2, 0) is 10.9 Å². The van der Waals surface area contributed by atoms with Gasteiger partial charge in [-0.3, -0.25) is 9.78 Å². The van der Waals surface area contributed by atoms with Crippen LogP contribution in [-0.4, -0.2) is 24.5 Å². The minimum absolute atomic E-state index is 0.0372. The van der Waals surface area contributed by atoms with E-state index in [4.69, 9.17) is 0 Å². The molecule has 0 aliphatic rings. The number of alkyl halides is 3. The molecule has 1 aromatic rings. The Hall–Kier alpha value is -1.43. The number of Topliss-reactive ketones (excluding diaryl/α,β-unsaturated/α-hetero) is 1. The number of halogens is 3. The third-order valence-corrected chi connectivity index (χ3v) is 1.65. The van der Waals surface area contributed by atoms with Crippen LogP contribution >= 0.6 is 0 Å². The number of hydrogen-bond donors (Lipinski definition) is 0. The number of pyridine rings is 1. The molecule has 0 aliphatic carbocycles. The summed E-state index contributed by atoms with van der Waals surface area (Å²) in [5, 5.41) is 0. The van der Waals surface area contributed by atoms with E-state index >= 15 is 0 Å². The number of rotatable bonds is 3. The standard InChI is InChI=1S/C9H8F3NO2/c1-15-5-8(14)7-3-2-6(4-13-7)9(10,11)12/h2-4H,5H2,1H3. The molecule has 3 nitrogen and oxygen atoms in total. The molecule has 0 aliphatic heterocycles. The zero-order valence-corrected chi connectivity index (χ0v) is 7.84. The summed E-state index contributed by atoms with van der Waals surface area (Å²) in [6.07, 6.45) is -3.81. The van der Waals surface area contributed by atoms with Crippen molar-refractivity contribution in [2.75, 3.05) is 13.7 Å². The summed E-state index contributed by atoms with van der Waals surface area (Å²) < 4.78 is 40.9. The molecule has 0 aromatic carbocycles. The molecule has 1 rings (SSSR count). The monoisotopic (exact) mass is 219 g/mol. The topological polar surface area (TPSA) is 39.2 Å². The number of aromatic nitrogens is 1. The maximum atomic E-state index is 12.1. The van der Waals surface area contributed by atoms with E-state index in [0.717, 1.165) is 12.1 Å². The van der Waals surface area contributed by atoms with Gasteiger partial charge < -0.3 is 4.74 Å². The van der Waals surface area contributed by atoms with E-state index in [1.165, 1.54) is 7.11 Å². The van der Waals surface area contributed by atoms with Gasteiger partial charge in [-0.15, -0.1) is 0 Å². The fraction of sp³-hybridized carbons (Fsp3) is 0.333. The van der Waals surface area contributed by atoms with Crippen molar-refractivity contribution in [3.8, 4) is 0 Å². The summed E-state index contributed by atoms with van der Waals surface area (Å²) in [6, 6.07) is 1.85. The van der Waals surface area contributed by atoms with Gasteiger partial charge in [-0.1, -0.05) is 0 Å². The molecule has 0 unspecified atom stereocenters. The average molecular weight is 219 g/mol. The SMILES string of the molecule is COCC(=O)c1ccc(C(F)(F)F)cn1. The van der Waals surface area contributed by atoms with Crippen molar-refractivity contribution in [3.63, 3.8) is 0 Å². The lowest BCUT2D eigenvalue weighted by molar-refractivity contribution is -0.137. The predicted molar refractivity (Wildman–Crippen MR) is 45.4 cm³/mol. The van der Waals surface area contributed by atoms with Gasteiger partial charge in [0.15, 0.2) is 0 Å². The van der Waals surface area contributed by atoms with Gasteiger partial charge >= 0.3 is 6.18 Å². The van der Waals surface area contributed by atoms with E-state index in [1.54, 1.807) is 0 Å². The lowest BCUT2D eigenvalue weighted by Crippen LogP contribution is -2.11. The number of carbonyl (C=O) groups excluding carboxylic acids is 1. The molecule has 82 valence electrons. The molecular weight excluding hydrogens is 211 g/mol. The molecule has 0 saturated carbocycles. The van der Waals surface area contributed by atoms with Gasteiger partial charge in [0, 0.05) is 13.3 Å². The van der Waals surface area contributed by atoms with Gasteiger partial charge in [0.25, 0.3) is 0 Å². The van der Waals surface area contributed by atoms with Crippen LogP contribution in [0.1, 0.15) is 16.1 Å². The Kier molecular flexibility index (Phi) is 3.41. The predicted octanol–water partition coefficient (Wildman–Crippen LogP) is 1.93. The first-order valence-electron chi connectivity index (χ1n) is 4.00. The number of ether oxygens (including phenoxy) is 1. The van der Waals surface area contributed by atoms with E-state index in [9.17, 15) is 18.0 Å². The zero-order chi connectivity index (χ0) is 11.5. The summed E-state index contributed by atoms with van der Waals surface area (Å²) in [5.41, 5.74) is -0.915. The van der Waals surface area contributed by atoms with E-state index in [2.05, 4.69) is 9.72 Å². The third kappa shape index (κ3) is 3.02. The van der Waals surface area contributed by atoms with Gasteiger partial charge in [0.1, 0.15) is 12.3 Å². The highest BCUT2D eigenvalue weighted by atomic mass is 19.4. The van der Waals surface area contributed by atoms with E-state index in [1.807, 2.05) is 0 Å². The minimum Gasteiger partial charge on any atom is -0.376 e. The van der Waals surface area contributed by atoms with Crippen molar-refractivity contribution < 1.29 is 22.7 Å². The Morgan fingerprint density at radius 3 is 2.53 bits per heavy atom. The average Bonchev–Trinajstić information content (AvgIpc) is 2.17. The van der Waals surface area contributed by atoms with Crippen LogP contribution in [0.25, 0.3) is 0 Å². The highest BCUT2D eigenvalue weighted by Gasteiger charge is 2.30. The second-order valence-corrected chi connectivity index (χ2v) is 2.79. The largest absolute Gasteiger partial charge is 0.417 e. The second-order valence-electron chi connectivity index (χ2n) is 2.79. The number of carbonyl (C=O) groups is 1. The Bertz CT molecular complexity index is 345. The first-order chi connectivity index (χ1) is 6.95. The highest BCUT2D eigenvalue weighted by Crippen LogP contribution is 2.28. The Labute approximate surface area is 83.9 Å². The molecule has 0 amide bonds. The number of methoxy groups -OCH3 is 1. The summed E-state index contributed by atoms with van der Waals surface area (Å²) in [5.74, 6) is -0.453. The first-order valence-corrected chi connectivity index (χ1v) is 4.00. The first kappa shape index (κ1) is 11.6. The summed E-state index contributed by atoms with van der Waals surface area (Å²) >= 11 is 0. The van der Waals surface area contributed by atoms with E-state index in [0.29, 0.717) is 6.20 Å². The van der Waals surface area contributed by atoms with Gasteiger partial charge in [-0.25, -0.2) is 0 Å². The van der Waals surface area contributed by atoms with E-state index < -0.39 is 17.5 Å². The van der Waals surface area contributed by atoms with Crippen LogP contribution < -0.4 is 0 Å². The molecule has 15 heavy (non-hydrogen) atoms. The molecule has 0 atom stereocenters. The molecule has 1 heterocycles. The Balaban J connectivity index is 2.86. The molecule has 0 fully saturated rings. The smallest absolute Gasteiger partial charge is 0.376 e. The molecular formula is C9H8F3NO2. The maximum absolute atomic E-state index is 12.1. The minimum atomic E-state index is -4.43. The quantitative estimate of drug-likeness (QED) is 0.729. The molecule has 0 radical (unpaired) electrons. The van der Waals surface area contributed by atoms with Crippen molar-refractivity contribution >= 4 is 5.78 Å². The summed E-state index contributed by atoms with van der Waals surface area (Å²) in [6.45, 7) is -0.196. The number of ketones is 1. The van der Waals surface area contributed by atoms with Crippen LogP contribution in [0.3, 0.4) is 0 Å². The van der Waals surface area contributed by atoms with Crippen molar-refractivity contribution in [1.29, 1.82) is 0 Å². The van der Waals surface area contributed by atoms with Gasteiger partial charge in [-0.05, 0) is 12.1 Å². The fourth-order valence-electron chi connectivity index (χ4n) is 0.932. The van der Waals surface area contributed by atoms with Crippen molar-refractivity contribution in [3.05, 3.63) is 29.6 Å². The lowest BCUT2D eigenvalue weighted by atomic mass is 10.2. The molecule has 1 aromatic heterocycles. The zero-order valence-electron chi connectivity index (χ0n) is 7.84. The van der Waals surface area contributed by atoms with Crippen LogP contribution in [0, 0.1) is 0 Å². The molecule has 6 heteroatoms.